The summed E-state index contributed by atoms with van der Waals surface area (Å²) in [5.74, 6) is 0.591. The Labute approximate surface area is 143 Å². The average molecular weight is 325 g/mol. The number of carbonyl (C=O) groups is 1. The van der Waals surface area contributed by atoms with Crippen molar-refractivity contribution in [2.45, 2.75) is 26.1 Å². The van der Waals surface area contributed by atoms with Crippen molar-refractivity contribution in [1.82, 2.24) is 4.90 Å². The second-order valence-electron chi connectivity index (χ2n) is 6.02. The number of benzene rings is 2. The number of carbonyl (C=O) groups excluding carboxylic acids is 1. The number of amides is 1. The van der Waals surface area contributed by atoms with Gasteiger partial charge in [-0.15, -0.1) is 0 Å². The maximum absolute atomic E-state index is 12.7. The van der Waals surface area contributed by atoms with E-state index in [1.165, 1.54) is 11.1 Å². The molecule has 2 aromatic carbocycles. The van der Waals surface area contributed by atoms with Crippen molar-refractivity contribution < 1.29 is 14.3 Å². The van der Waals surface area contributed by atoms with Crippen molar-refractivity contribution in [3.05, 3.63) is 65.2 Å². The van der Waals surface area contributed by atoms with Gasteiger partial charge >= 0.3 is 0 Å². The minimum atomic E-state index is -0.0403. The molecule has 1 aliphatic heterocycles. The van der Waals surface area contributed by atoms with Crippen LogP contribution in [0.4, 0.5) is 0 Å². The first-order valence-electron chi connectivity index (χ1n) is 8.34. The van der Waals surface area contributed by atoms with Gasteiger partial charge in [0.05, 0.1) is 24.9 Å². The Bertz CT molecular complexity index is 714. The summed E-state index contributed by atoms with van der Waals surface area (Å²) >= 11 is 0. The molecule has 3 rings (SSSR count). The molecule has 2 aromatic rings. The highest BCUT2D eigenvalue weighted by molar-refractivity contribution is 5.96. The third-order valence-electron chi connectivity index (χ3n) is 4.28. The summed E-state index contributed by atoms with van der Waals surface area (Å²) in [6.45, 7) is 3.63. The highest BCUT2D eigenvalue weighted by Crippen LogP contribution is 2.23. The minimum Gasteiger partial charge on any atom is -0.493 e. The predicted octanol–water partition coefficient (Wildman–Crippen LogP) is 3.30. The molecule has 4 nitrogen and oxygen atoms in total. The first-order chi connectivity index (χ1) is 11.7. The van der Waals surface area contributed by atoms with Crippen LogP contribution in [0.15, 0.2) is 48.5 Å². The van der Waals surface area contributed by atoms with Crippen LogP contribution in [0.1, 0.15) is 28.4 Å². The van der Waals surface area contributed by atoms with Crippen LogP contribution in [0.2, 0.25) is 0 Å². The highest BCUT2D eigenvalue weighted by atomic mass is 16.5. The molecule has 4 heteroatoms. The van der Waals surface area contributed by atoms with Crippen LogP contribution in [0.5, 0.6) is 5.75 Å². The molecule has 0 aromatic heterocycles. The molecule has 0 spiro atoms. The van der Waals surface area contributed by atoms with Crippen LogP contribution < -0.4 is 4.74 Å². The number of rotatable bonds is 5. The Balaban J connectivity index is 1.67. The Hall–Kier alpha value is -2.33. The van der Waals surface area contributed by atoms with E-state index >= 15 is 0 Å². The molecule has 0 radical (unpaired) electrons. The number of nitrogens with zero attached hydrogens (tertiary/aromatic N) is 1. The zero-order valence-corrected chi connectivity index (χ0v) is 14.2. The van der Waals surface area contributed by atoms with Crippen molar-refractivity contribution in [3.8, 4) is 5.75 Å². The van der Waals surface area contributed by atoms with E-state index in [0.717, 1.165) is 6.42 Å². The monoisotopic (exact) mass is 325 g/mol. The summed E-state index contributed by atoms with van der Waals surface area (Å²) in [6, 6.07) is 15.7. The predicted molar refractivity (Wildman–Crippen MR) is 93.3 cm³/mol. The van der Waals surface area contributed by atoms with E-state index in [-0.39, 0.29) is 12.0 Å². The van der Waals surface area contributed by atoms with E-state index in [9.17, 15) is 4.79 Å². The van der Waals surface area contributed by atoms with E-state index < -0.39 is 0 Å². The molecule has 1 heterocycles. The van der Waals surface area contributed by atoms with Gasteiger partial charge in [-0.05, 0) is 30.2 Å². The molecule has 0 bridgehead atoms. The van der Waals surface area contributed by atoms with Gasteiger partial charge in [0.25, 0.3) is 5.91 Å². The number of likely N-dealkylation sites (N-methyl/N-ethyl adjacent to an activating group) is 1. The Morgan fingerprint density at radius 1 is 1.17 bits per heavy atom. The quantitative estimate of drug-likeness (QED) is 0.847. The third-order valence-corrected chi connectivity index (χ3v) is 4.28. The standard InChI is InChI=1S/C20H23NO3/c1-3-23-19-11-7-6-10-18(19)20(22)21(2)13-17-12-15-8-4-5-9-16(15)14-24-17/h4-11,17H,3,12-14H2,1-2H3. The normalized spacial score (nSPS) is 16.3. The van der Waals surface area contributed by atoms with Gasteiger partial charge in [-0.3, -0.25) is 4.79 Å². The third kappa shape index (κ3) is 3.60. The Kier molecular flexibility index (Phi) is 5.16. The molecule has 0 N–H and O–H groups in total. The van der Waals surface area contributed by atoms with E-state index in [1.807, 2.05) is 38.2 Å². The topological polar surface area (TPSA) is 38.8 Å². The van der Waals surface area contributed by atoms with Crippen LogP contribution in [0, 0.1) is 0 Å². The van der Waals surface area contributed by atoms with Gasteiger partial charge in [0.15, 0.2) is 0 Å². The molecular weight excluding hydrogens is 302 g/mol. The molecular formula is C20H23NO3. The first kappa shape index (κ1) is 16.5. The number of fused-ring (bicyclic) bond motifs is 1. The fourth-order valence-corrected chi connectivity index (χ4v) is 3.05. The van der Waals surface area contributed by atoms with Gasteiger partial charge in [0.2, 0.25) is 0 Å². The maximum Gasteiger partial charge on any atom is 0.257 e. The number of ether oxygens (including phenoxy) is 2. The molecule has 1 amide bonds. The van der Waals surface area contributed by atoms with Crippen LogP contribution in [-0.4, -0.2) is 37.1 Å². The molecule has 126 valence electrons. The first-order valence-corrected chi connectivity index (χ1v) is 8.34. The zero-order valence-electron chi connectivity index (χ0n) is 14.2. The molecule has 1 atom stereocenters. The Morgan fingerprint density at radius 2 is 1.88 bits per heavy atom. The van der Waals surface area contributed by atoms with Crippen LogP contribution in [0.3, 0.4) is 0 Å². The lowest BCUT2D eigenvalue weighted by Crippen LogP contribution is -2.38. The molecule has 0 saturated heterocycles. The van der Waals surface area contributed by atoms with Gasteiger partial charge in [-0.2, -0.15) is 0 Å². The van der Waals surface area contributed by atoms with E-state index in [4.69, 9.17) is 9.47 Å². The lowest BCUT2D eigenvalue weighted by Gasteiger charge is -2.29. The minimum absolute atomic E-state index is 0.0214. The molecule has 0 fully saturated rings. The van der Waals surface area contributed by atoms with Crippen molar-refractivity contribution in [2.24, 2.45) is 0 Å². The molecule has 1 unspecified atom stereocenters. The largest absolute Gasteiger partial charge is 0.493 e. The van der Waals surface area contributed by atoms with Crippen LogP contribution in [0.25, 0.3) is 0 Å². The van der Waals surface area contributed by atoms with Gasteiger partial charge in [-0.1, -0.05) is 36.4 Å². The molecule has 1 aliphatic rings. The van der Waals surface area contributed by atoms with Crippen molar-refractivity contribution >= 4 is 5.91 Å². The molecule has 0 aliphatic carbocycles. The zero-order chi connectivity index (χ0) is 16.9. The van der Waals surface area contributed by atoms with Gasteiger partial charge in [0, 0.05) is 20.0 Å². The van der Waals surface area contributed by atoms with Crippen molar-refractivity contribution in [2.75, 3.05) is 20.2 Å². The lowest BCUT2D eigenvalue weighted by atomic mass is 9.99. The van der Waals surface area contributed by atoms with E-state index in [0.29, 0.717) is 31.1 Å². The fourth-order valence-electron chi connectivity index (χ4n) is 3.05. The second-order valence-corrected chi connectivity index (χ2v) is 6.02. The maximum atomic E-state index is 12.7. The van der Waals surface area contributed by atoms with Gasteiger partial charge in [0.1, 0.15) is 5.75 Å². The van der Waals surface area contributed by atoms with Crippen molar-refractivity contribution in [1.29, 1.82) is 0 Å². The van der Waals surface area contributed by atoms with Gasteiger partial charge < -0.3 is 14.4 Å². The number of para-hydroxylation sites is 1. The lowest BCUT2D eigenvalue weighted by molar-refractivity contribution is 0.00977. The SMILES string of the molecule is CCOc1ccccc1C(=O)N(C)CC1Cc2ccccc2CO1. The molecule has 0 saturated carbocycles. The summed E-state index contributed by atoms with van der Waals surface area (Å²) in [5.41, 5.74) is 3.15. The summed E-state index contributed by atoms with van der Waals surface area (Å²) in [7, 11) is 1.81. The average Bonchev–Trinajstić information content (AvgIpc) is 2.62. The van der Waals surface area contributed by atoms with Crippen LogP contribution in [-0.2, 0) is 17.8 Å². The van der Waals surface area contributed by atoms with E-state index in [2.05, 4.69) is 18.2 Å². The highest BCUT2D eigenvalue weighted by Gasteiger charge is 2.23. The van der Waals surface area contributed by atoms with Crippen LogP contribution >= 0.6 is 0 Å². The van der Waals surface area contributed by atoms with E-state index in [1.54, 1.807) is 11.0 Å². The summed E-state index contributed by atoms with van der Waals surface area (Å²) in [4.78, 5) is 14.5. The Morgan fingerprint density at radius 3 is 2.67 bits per heavy atom. The number of hydrogen-bond acceptors (Lipinski definition) is 3. The summed E-state index contributed by atoms with van der Waals surface area (Å²) < 4.78 is 11.5. The summed E-state index contributed by atoms with van der Waals surface area (Å²) in [6.07, 6.45) is 0.856. The number of hydrogen-bond donors (Lipinski definition) is 0. The van der Waals surface area contributed by atoms with Crippen molar-refractivity contribution in [3.63, 3.8) is 0 Å². The fraction of sp³-hybridized carbons (Fsp3) is 0.350. The molecule has 24 heavy (non-hydrogen) atoms. The summed E-state index contributed by atoms with van der Waals surface area (Å²) in [5, 5.41) is 0. The second kappa shape index (κ2) is 7.49. The van der Waals surface area contributed by atoms with Gasteiger partial charge in [-0.25, -0.2) is 0 Å². The smallest absolute Gasteiger partial charge is 0.257 e.